The molecule has 3 N–H and O–H groups in total. The van der Waals surface area contributed by atoms with Gasteiger partial charge in [0.15, 0.2) is 5.69 Å². The normalized spacial score (nSPS) is 12.4. The van der Waals surface area contributed by atoms with Gasteiger partial charge in [-0.25, -0.2) is 9.97 Å². The van der Waals surface area contributed by atoms with Crippen molar-refractivity contribution in [2.24, 2.45) is 5.73 Å². The molecule has 0 radical (unpaired) electrons. The molecule has 1 atom stereocenters. The first-order valence-corrected chi connectivity index (χ1v) is 7.26. The van der Waals surface area contributed by atoms with Crippen LogP contribution in [0, 0.1) is 13.8 Å². The van der Waals surface area contributed by atoms with E-state index in [2.05, 4.69) is 15.3 Å². The first-order valence-electron chi connectivity index (χ1n) is 6.44. The number of amides is 1. The van der Waals surface area contributed by atoms with Crippen molar-refractivity contribution in [3.63, 3.8) is 0 Å². The zero-order valence-corrected chi connectivity index (χ0v) is 12.6. The second kappa shape index (κ2) is 6.15. The molecule has 2 heterocycles. The Bertz CT molecular complexity index is 586. The number of oxazole rings is 1. The van der Waals surface area contributed by atoms with E-state index in [0.717, 1.165) is 17.1 Å². The van der Waals surface area contributed by atoms with Crippen molar-refractivity contribution < 1.29 is 9.21 Å². The Morgan fingerprint density at radius 3 is 2.75 bits per heavy atom. The molecule has 0 saturated carbocycles. The molecule has 2 aromatic rings. The van der Waals surface area contributed by atoms with E-state index < -0.39 is 0 Å². The molecule has 1 amide bonds. The SMILES string of the molecule is CCC(NC(=O)c1coc(CN)n1)c1nc(C)c(C)s1. The minimum absolute atomic E-state index is 0.113. The highest BCUT2D eigenvalue weighted by atomic mass is 32.1. The van der Waals surface area contributed by atoms with Gasteiger partial charge in [0.2, 0.25) is 5.89 Å². The van der Waals surface area contributed by atoms with E-state index in [1.807, 2.05) is 20.8 Å². The van der Waals surface area contributed by atoms with E-state index in [1.54, 1.807) is 11.3 Å². The molecular formula is C13H18N4O2S. The molecule has 7 heteroatoms. The summed E-state index contributed by atoms with van der Waals surface area (Å²) in [6, 6.07) is -0.113. The molecule has 0 aliphatic carbocycles. The van der Waals surface area contributed by atoms with Crippen LogP contribution >= 0.6 is 11.3 Å². The fourth-order valence-corrected chi connectivity index (χ4v) is 2.78. The van der Waals surface area contributed by atoms with Gasteiger partial charge in [0, 0.05) is 4.88 Å². The van der Waals surface area contributed by atoms with E-state index in [0.29, 0.717) is 5.89 Å². The second-order valence-electron chi connectivity index (χ2n) is 4.46. The molecule has 108 valence electrons. The van der Waals surface area contributed by atoms with Crippen LogP contribution in [0.2, 0.25) is 0 Å². The number of aryl methyl sites for hydroxylation is 2. The zero-order valence-electron chi connectivity index (χ0n) is 11.8. The summed E-state index contributed by atoms with van der Waals surface area (Å²) in [5, 5.41) is 3.84. The van der Waals surface area contributed by atoms with Gasteiger partial charge >= 0.3 is 0 Å². The fourth-order valence-electron chi connectivity index (χ4n) is 1.73. The topological polar surface area (TPSA) is 94.0 Å². The maximum absolute atomic E-state index is 12.1. The number of hydrogen-bond donors (Lipinski definition) is 2. The molecule has 0 spiro atoms. The molecule has 0 saturated heterocycles. The van der Waals surface area contributed by atoms with Crippen molar-refractivity contribution in [2.45, 2.75) is 39.8 Å². The van der Waals surface area contributed by atoms with Crippen LogP contribution in [0.3, 0.4) is 0 Å². The molecule has 0 aliphatic rings. The van der Waals surface area contributed by atoms with Crippen molar-refractivity contribution in [3.8, 4) is 0 Å². The lowest BCUT2D eigenvalue weighted by molar-refractivity contribution is 0.0930. The van der Waals surface area contributed by atoms with E-state index in [-0.39, 0.29) is 24.2 Å². The maximum atomic E-state index is 12.1. The Morgan fingerprint density at radius 2 is 2.25 bits per heavy atom. The van der Waals surface area contributed by atoms with Gasteiger partial charge in [0.05, 0.1) is 18.3 Å². The van der Waals surface area contributed by atoms with E-state index in [1.165, 1.54) is 11.1 Å². The predicted molar refractivity (Wildman–Crippen MR) is 76.5 cm³/mol. The second-order valence-corrected chi connectivity index (χ2v) is 5.69. The van der Waals surface area contributed by atoms with Gasteiger partial charge in [0.25, 0.3) is 5.91 Å². The lowest BCUT2D eigenvalue weighted by Crippen LogP contribution is -2.28. The molecule has 0 aromatic carbocycles. The van der Waals surface area contributed by atoms with Crippen molar-refractivity contribution in [1.29, 1.82) is 0 Å². The molecule has 2 aromatic heterocycles. The van der Waals surface area contributed by atoms with Crippen LogP contribution in [0.15, 0.2) is 10.7 Å². The molecule has 2 rings (SSSR count). The number of nitrogens with zero attached hydrogens (tertiary/aromatic N) is 2. The molecule has 20 heavy (non-hydrogen) atoms. The molecule has 1 unspecified atom stereocenters. The number of carbonyl (C=O) groups is 1. The molecule has 0 aliphatic heterocycles. The monoisotopic (exact) mass is 294 g/mol. The van der Waals surface area contributed by atoms with Gasteiger partial charge in [-0.05, 0) is 20.3 Å². The summed E-state index contributed by atoms with van der Waals surface area (Å²) in [6.07, 6.45) is 2.09. The van der Waals surface area contributed by atoms with Gasteiger partial charge in [-0.2, -0.15) is 0 Å². The summed E-state index contributed by atoms with van der Waals surface area (Å²) in [5.74, 6) is 0.0787. The Labute approximate surface area is 121 Å². The lowest BCUT2D eigenvalue weighted by Gasteiger charge is -2.13. The van der Waals surface area contributed by atoms with Crippen molar-refractivity contribution >= 4 is 17.2 Å². The zero-order chi connectivity index (χ0) is 14.7. The Balaban J connectivity index is 2.11. The highest BCUT2D eigenvalue weighted by Gasteiger charge is 2.20. The number of carbonyl (C=O) groups excluding carboxylic acids is 1. The van der Waals surface area contributed by atoms with E-state index in [4.69, 9.17) is 10.2 Å². The number of nitrogens with one attached hydrogen (secondary N) is 1. The number of aromatic nitrogens is 2. The average Bonchev–Trinajstić information content (AvgIpc) is 3.03. The first kappa shape index (κ1) is 14.7. The van der Waals surface area contributed by atoms with Crippen LogP contribution in [-0.2, 0) is 6.54 Å². The number of hydrogen-bond acceptors (Lipinski definition) is 6. The quantitative estimate of drug-likeness (QED) is 0.880. The van der Waals surface area contributed by atoms with Crippen LogP contribution in [0.5, 0.6) is 0 Å². The standard InChI is InChI=1S/C13H18N4O2S/c1-4-9(13-15-7(2)8(3)20-13)17-12(18)10-6-19-11(5-14)16-10/h6,9H,4-5,14H2,1-3H3,(H,17,18). The summed E-state index contributed by atoms with van der Waals surface area (Å²) in [7, 11) is 0. The molecule has 6 nitrogen and oxygen atoms in total. The number of rotatable bonds is 5. The highest BCUT2D eigenvalue weighted by Crippen LogP contribution is 2.25. The third kappa shape index (κ3) is 3.05. The van der Waals surface area contributed by atoms with Crippen LogP contribution < -0.4 is 11.1 Å². The van der Waals surface area contributed by atoms with Crippen LogP contribution in [0.4, 0.5) is 0 Å². The minimum atomic E-state index is -0.272. The average molecular weight is 294 g/mol. The molecular weight excluding hydrogens is 276 g/mol. The summed E-state index contributed by atoms with van der Waals surface area (Å²) < 4.78 is 5.07. The summed E-state index contributed by atoms with van der Waals surface area (Å²) in [6.45, 7) is 6.17. The third-order valence-electron chi connectivity index (χ3n) is 3.02. The summed E-state index contributed by atoms with van der Waals surface area (Å²) in [5.41, 5.74) is 6.65. The Morgan fingerprint density at radius 1 is 1.50 bits per heavy atom. The third-order valence-corrected chi connectivity index (χ3v) is 4.20. The van der Waals surface area contributed by atoms with Gasteiger partial charge in [-0.1, -0.05) is 6.92 Å². The maximum Gasteiger partial charge on any atom is 0.273 e. The van der Waals surface area contributed by atoms with Crippen LogP contribution in [-0.4, -0.2) is 15.9 Å². The van der Waals surface area contributed by atoms with Gasteiger partial charge in [-0.3, -0.25) is 4.79 Å². The van der Waals surface area contributed by atoms with Gasteiger partial charge in [-0.15, -0.1) is 11.3 Å². The molecule has 0 bridgehead atoms. The molecule has 0 fully saturated rings. The van der Waals surface area contributed by atoms with E-state index >= 15 is 0 Å². The summed E-state index contributed by atoms with van der Waals surface area (Å²) in [4.78, 5) is 21.8. The van der Waals surface area contributed by atoms with Crippen LogP contribution in [0.1, 0.15) is 51.3 Å². The first-order chi connectivity index (χ1) is 9.55. The Kier molecular flexibility index (Phi) is 4.51. The van der Waals surface area contributed by atoms with Crippen molar-refractivity contribution in [1.82, 2.24) is 15.3 Å². The van der Waals surface area contributed by atoms with Crippen molar-refractivity contribution in [2.75, 3.05) is 0 Å². The lowest BCUT2D eigenvalue weighted by atomic mass is 10.2. The van der Waals surface area contributed by atoms with Gasteiger partial charge < -0.3 is 15.5 Å². The Hall–Kier alpha value is -1.73. The smallest absolute Gasteiger partial charge is 0.273 e. The predicted octanol–water partition coefficient (Wildman–Crippen LogP) is 2.09. The van der Waals surface area contributed by atoms with Crippen molar-refractivity contribution in [3.05, 3.63) is 33.4 Å². The fraction of sp³-hybridized carbons (Fsp3) is 0.462. The van der Waals surface area contributed by atoms with Crippen LogP contribution in [0.25, 0.3) is 0 Å². The summed E-state index contributed by atoms with van der Waals surface area (Å²) >= 11 is 1.60. The number of nitrogens with two attached hydrogens (primary N) is 1. The minimum Gasteiger partial charge on any atom is -0.447 e. The van der Waals surface area contributed by atoms with Gasteiger partial charge in [0.1, 0.15) is 11.3 Å². The highest BCUT2D eigenvalue weighted by molar-refractivity contribution is 7.11. The largest absolute Gasteiger partial charge is 0.447 e. The number of thiazole rings is 1. The van der Waals surface area contributed by atoms with E-state index in [9.17, 15) is 4.79 Å².